The summed E-state index contributed by atoms with van der Waals surface area (Å²) in [6.07, 6.45) is 38.5. The molecule has 0 nitrogen and oxygen atoms in total. The van der Waals surface area contributed by atoms with Crippen LogP contribution in [0.15, 0.2) is 72.8 Å². The van der Waals surface area contributed by atoms with Crippen molar-refractivity contribution in [2.24, 2.45) is 0 Å². The van der Waals surface area contributed by atoms with Crippen molar-refractivity contribution in [1.29, 1.82) is 0 Å². The third-order valence-corrected chi connectivity index (χ3v) is 7.42. The molecule has 0 aliphatic rings. The average Bonchev–Trinajstić information content (AvgIpc) is 2.98. The Kier molecular flexibility index (Phi) is 25.9. The standard InChI is InChI=1S/C22H36.C17H26/c1-2-3-4-5-6-7-8-9-10-11-12-13-14-16-19-22-20-17-15-18-21-22;1-2-3-4-5-6-7-8-9-11-14-17-15-12-10-13-16-17/h15-21H,2-14H2,1H3;10-16H,2-9H2,1H3. The zero-order valence-corrected chi connectivity index (χ0v) is 25.9. The van der Waals surface area contributed by atoms with Crippen LogP contribution in [0.4, 0.5) is 0 Å². The lowest BCUT2D eigenvalue weighted by molar-refractivity contribution is 0.545. The molecule has 0 spiro atoms. The van der Waals surface area contributed by atoms with Crippen molar-refractivity contribution in [3.63, 3.8) is 0 Å². The van der Waals surface area contributed by atoms with E-state index in [0.717, 1.165) is 0 Å². The van der Waals surface area contributed by atoms with Crippen LogP contribution in [-0.4, -0.2) is 0 Å². The molecule has 0 fully saturated rings. The first-order valence-electron chi connectivity index (χ1n) is 16.8. The van der Waals surface area contributed by atoms with E-state index in [1.807, 2.05) is 0 Å². The topological polar surface area (TPSA) is 0 Å². The van der Waals surface area contributed by atoms with Crippen LogP contribution in [0, 0.1) is 0 Å². The van der Waals surface area contributed by atoms with Gasteiger partial charge >= 0.3 is 0 Å². The molecule has 0 unspecified atom stereocenters. The summed E-state index contributed by atoms with van der Waals surface area (Å²) in [6.45, 7) is 4.56. The van der Waals surface area contributed by atoms with Crippen molar-refractivity contribution < 1.29 is 0 Å². The Morgan fingerprint density at radius 1 is 0.359 bits per heavy atom. The largest absolute Gasteiger partial charge is 0.0839 e. The van der Waals surface area contributed by atoms with E-state index in [1.165, 1.54) is 146 Å². The van der Waals surface area contributed by atoms with Crippen LogP contribution in [0.5, 0.6) is 0 Å². The lowest BCUT2D eigenvalue weighted by Gasteiger charge is -2.02. The number of hydrogen-bond donors (Lipinski definition) is 0. The molecule has 0 heteroatoms. The van der Waals surface area contributed by atoms with E-state index in [1.54, 1.807) is 0 Å². The average molecular weight is 531 g/mol. The van der Waals surface area contributed by atoms with E-state index in [4.69, 9.17) is 0 Å². The van der Waals surface area contributed by atoms with E-state index in [2.05, 4.69) is 98.8 Å². The molecular formula is C39H62. The summed E-state index contributed by atoms with van der Waals surface area (Å²) < 4.78 is 0. The van der Waals surface area contributed by atoms with Gasteiger partial charge in [0.2, 0.25) is 0 Å². The van der Waals surface area contributed by atoms with Crippen molar-refractivity contribution in [3.05, 3.63) is 83.9 Å². The highest BCUT2D eigenvalue weighted by atomic mass is 14.0. The normalized spacial score (nSPS) is 11.2. The molecule has 218 valence electrons. The molecule has 0 radical (unpaired) electrons. The van der Waals surface area contributed by atoms with Gasteiger partial charge in [-0.25, -0.2) is 0 Å². The Hall–Kier alpha value is -2.08. The minimum absolute atomic E-state index is 1.22. The van der Waals surface area contributed by atoms with Gasteiger partial charge < -0.3 is 0 Å². The zero-order valence-electron chi connectivity index (χ0n) is 25.9. The maximum absolute atomic E-state index is 2.33. The molecule has 0 aliphatic heterocycles. The maximum Gasteiger partial charge on any atom is -0.0260 e. The summed E-state index contributed by atoms with van der Waals surface area (Å²) in [5.41, 5.74) is 2.64. The van der Waals surface area contributed by atoms with E-state index in [9.17, 15) is 0 Å². The second-order valence-electron chi connectivity index (χ2n) is 11.2. The van der Waals surface area contributed by atoms with Gasteiger partial charge in [0, 0.05) is 0 Å². The summed E-state index contributed by atoms with van der Waals surface area (Å²) in [5.74, 6) is 0. The molecule has 0 atom stereocenters. The van der Waals surface area contributed by atoms with Gasteiger partial charge in [-0.15, -0.1) is 0 Å². The minimum Gasteiger partial charge on any atom is -0.0839 e. The Morgan fingerprint density at radius 2 is 0.641 bits per heavy atom. The Labute approximate surface area is 244 Å². The van der Waals surface area contributed by atoms with Gasteiger partial charge in [0.15, 0.2) is 0 Å². The SMILES string of the molecule is CCCCCCCCCC=Cc1ccccc1.CCCCCCCCCCCCCCC=Cc1ccccc1. The van der Waals surface area contributed by atoms with Crippen LogP contribution in [-0.2, 0) is 0 Å². The van der Waals surface area contributed by atoms with E-state index < -0.39 is 0 Å². The molecule has 2 aromatic rings. The minimum atomic E-state index is 1.22. The highest BCUT2D eigenvalue weighted by Gasteiger charge is 1.93. The van der Waals surface area contributed by atoms with Crippen molar-refractivity contribution in [3.8, 4) is 0 Å². The van der Waals surface area contributed by atoms with Crippen LogP contribution < -0.4 is 0 Å². The predicted octanol–water partition coefficient (Wildman–Crippen LogP) is 13.6. The summed E-state index contributed by atoms with van der Waals surface area (Å²) in [5, 5.41) is 0. The molecule has 0 aliphatic carbocycles. The molecule has 0 bridgehead atoms. The Balaban J connectivity index is 0.000000403. The van der Waals surface area contributed by atoms with Crippen LogP contribution in [0.2, 0.25) is 0 Å². The lowest BCUT2D eigenvalue weighted by Crippen LogP contribution is -1.82. The van der Waals surface area contributed by atoms with Gasteiger partial charge in [0.25, 0.3) is 0 Å². The fourth-order valence-corrected chi connectivity index (χ4v) is 4.89. The molecule has 2 aromatic carbocycles. The van der Waals surface area contributed by atoms with Gasteiger partial charge in [-0.3, -0.25) is 0 Å². The lowest BCUT2D eigenvalue weighted by atomic mass is 10.0. The molecule has 39 heavy (non-hydrogen) atoms. The number of benzene rings is 2. The summed E-state index contributed by atoms with van der Waals surface area (Å²) in [4.78, 5) is 0. The number of unbranched alkanes of at least 4 members (excludes halogenated alkanes) is 19. The monoisotopic (exact) mass is 530 g/mol. The van der Waals surface area contributed by atoms with Gasteiger partial charge in [-0.2, -0.15) is 0 Å². The number of hydrogen-bond acceptors (Lipinski definition) is 0. The van der Waals surface area contributed by atoms with Crippen LogP contribution in [0.3, 0.4) is 0 Å². The third-order valence-electron chi connectivity index (χ3n) is 7.42. The van der Waals surface area contributed by atoms with Gasteiger partial charge in [-0.1, -0.05) is 208 Å². The molecule has 2 rings (SSSR count). The highest BCUT2D eigenvalue weighted by molar-refractivity contribution is 5.49. The van der Waals surface area contributed by atoms with Crippen molar-refractivity contribution >= 4 is 12.2 Å². The quantitative estimate of drug-likeness (QED) is 0.125. The zero-order chi connectivity index (χ0) is 27.9. The maximum atomic E-state index is 2.33. The molecule has 0 amide bonds. The molecular weight excluding hydrogens is 468 g/mol. The first kappa shape index (κ1) is 34.9. The number of allylic oxidation sites excluding steroid dienone is 2. The van der Waals surface area contributed by atoms with Crippen LogP contribution in [0.25, 0.3) is 12.2 Å². The van der Waals surface area contributed by atoms with Crippen molar-refractivity contribution in [2.75, 3.05) is 0 Å². The van der Waals surface area contributed by atoms with Crippen molar-refractivity contribution in [2.45, 2.75) is 149 Å². The summed E-state index contributed by atoms with van der Waals surface area (Å²) in [6, 6.07) is 21.2. The molecule has 0 N–H and O–H groups in total. The summed E-state index contributed by atoms with van der Waals surface area (Å²) in [7, 11) is 0. The highest BCUT2D eigenvalue weighted by Crippen LogP contribution is 2.13. The molecule has 0 heterocycles. The second-order valence-corrected chi connectivity index (χ2v) is 11.2. The van der Waals surface area contributed by atoms with E-state index >= 15 is 0 Å². The van der Waals surface area contributed by atoms with E-state index in [-0.39, 0.29) is 0 Å². The van der Waals surface area contributed by atoms with Gasteiger partial charge in [0.05, 0.1) is 0 Å². The van der Waals surface area contributed by atoms with Crippen LogP contribution in [0.1, 0.15) is 160 Å². The van der Waals surface area contributed by atoms with Gasteiger partial charge in [-0.05, 0) is 36.8 Å². The summed E-state index contributed by atoms with van der Waals surface area (Å²) >= 11 is 0. The first-order valence-corrected chi connectivity index (χ1v) is 16.8. The molecule has 0 saturated carbocycles. The number of rotatable bonds is 23. The van der Waals surface area contributed by atoms with E-state index in [0.29, 0.717) is 0 Å². The Morgan fingerprint density at radius 3 is 0.949 bits per heavy atom. The van der Waals surface area contributed by atoms with Gasteiger partial charge in [0.1, 0.15) is 0 Å². The van der Waals surface area contributed by atoms with Crippen LogP contribution >= 0.6 is 0 Å². The second kappa shape index (κ2) is 28.9. The first-order chi connectivity index (χ1) is 19.4. The van der Waals surface area contributed by atoms with Crippen molar-refractivity contribution in [1.82, 2.24) is 0 Å². The Bertz CT molecular complexity index is 770. The fourth-order valence-electron chi connectivity index (χ4n) is 4.89. The molecule has 0 aromatic heterocycles. The molecule has 0 saturated heterocycles. The predicted molar refractivity (Wildman–Crippen MR) is 179 cm³/mol. The third kappa shape index (κ3) is 24.7. The smallest absolute Gasteiger partial charge is 0.0260 e. The fraction of sp³-hybridized carbons (Fsp3) is 0.590.